The maximum absolute atomic E-state index is 12.7. The van der Waals surface area contributed by atoms with E-state index in [1.165, 1.54) is 0 Å². The van der Waals surface area contributed by atoms with Crippen molar-refractivity contribution < 1.29 is 14.3 Å². The first-order valence-corrected chi connectivity index (χ1v) is 9.11. The molecule has 0 bridgehead atoms. The number of anilines is 1. The topological polar surface area (TPSA) is 67.4 Å². The van der Waals surface area contributed by atoms with E-state index in [0.29, 0.717) is 24.3 Å². The molecule has 2 amide bonds. The molecule has 0 radical (unpaired) electrons. The SMILES string of the molecule is COCCCNC(=O)c1cccc(C(=O)Nc2ccccc2C(C)(C)C)c1. The first-order valence-electron chi connectivity index (χ1n) is 9.11. The van der Waals surface area contributed by atoms with Crippen LogP contribution in [0.25, 0.3) is 0 Å². The summed E-state index contributed by atoms with van der Waals surface area (Å²) in [6.45, 7) is 7.43. The fourth-order valence-corrected chi connectivity index (χ4v) is 2.76. The average Bonchev–Trinajstić information content (AvgIpc) is 2.64. The molecule has 2 aromatic rings. The second-order valence-corrected chi connectivity index (χ2v) is 7.43. The molecule has 0 heterocycles. The van der Waals surface area contributed by atoms with Crippen molar-refractivity contribution in [3.8, 4) is 0 Å². The molecule has 2 aromatic carbocycles. The van der Waals surface area contributed by atoms with Crippen molar-refractivity contribution in [3.05, 3.63) is 65.2 Å². The second-order valence-electron chi connectivity index (χ2n) is 7.43. The Balaban J connectivity index is 2.11. The quantitative estimate of drug-likeness (QED) is 0.726. The van der Waals surface area contributed by atoms with Crippen LogP contribution in [0.5, 0.6) is 0 Å². The highest BCUT2D eigenvalue weighted by Crippen LogP contribution is 2.29. The molecule has 0 aliphatic rings. The highest BCUT2D eigenvalue weighted by Gasteiger charge is 2.19. The van der Waals surface area contributed by atoms with E-state index in [-0.39, 0.29) is 17.2 Å². The molecule has 2 N–H and O–H groups in total. The van der Waals surface area contributed by atoms with Crippen molar-refractivity contribution in [2.75, 3.05) is 25.6 Å². The van der Waals surface area contributed by atoms with Gasteiger partial charge in [0.05, 0.1) is 0 Å². The van der Waals surface area contributed by atoms with Gasteiger partial charge < -0.3 is 15.4 Å². The maximum atomic E-state index is 12.7. The molecule has 144 valence electrons. The predicted octanol–water partition coefficient (Wildman–Crippen LogP) is 4.00. The number of amides is 2. The Bertz CT molecular complexity index is 794. The van der Waals surface area contributed by atoms with Gasteiger partial charge in [0.25, 0.3) is 11.8 Å². The summed E-state index contributed by atoms with van der Waals surface area (Å²) in [5.74, 6) is -0.434. The van der Waals surface area contributed by atoms with Crippen molar-refractivity contribution >= 4 is 17.5 Å². The fraction of sp³-hybridized carbons (Fsp3) is 0.364. The lowest BCUT2D eigenvalue weighted by Crippen LogP contribution is -2.25. The van der Waals surface area contributed by atoms with E-state index in [1.54, 1.807) is 31.4 Å². The molecule has 0 saturated carbocycles. The number of nitrogens with one attached hydrogen (secondary N) is 2. The molecule has 0 aromatic heterocycles. The smallest absolute Gasteiger partial charge is 0.255 e. The van der Waals surface area contributed by atoms with Crippen LogP contribution in [0.1, 0.15) is 53.5 Å². The van der Waals surface area contributed by atoms with Gasteiger partial charge in [0, 0.05) is 37.1 Å². The summed E-state index contributed by atoms with van der Waals surface area (Å²) in [6, 6.07) is 14.5. The average molecular weight is 368 g/mol. The lowest BCUT2D eigenvalue weighted by Gasteiger charge is -2.23. The number of para-hydroxylation sites is 1. The zero-order valence-corrected chi connectivity index (χ0v) is 16.5. The van der Waals surface area contributed by atoms with Gasteiger partial charge in [-0.3, -0.25) is 9.59 Å². The first-order chi connectivity index (χ1) is 12.8. The number of benzene rings is 2. The van der Waals surface area contributed by atoms with Crippen LogP contribution in [0.4, 0.5) is 5.69 Å². The first kappa shape index (κ1) is 20.6. The van der Waals surface area contributed by atoms with Gasteiger partial charge in [-0.25, -0.2) is 0 Å². The summed E-state index contributed by atoms with van der Waals surface area (Å²) in [5.41, 5.74) is 2.66. The molecule has 0 spiro atoms. The van der Waals surface area contributed by atoms with Crippen LogP contribution in [0, 0.1) is 0 Å². The van der Waals surface area contributed by atoms with Gasteiger partial charge in [-0.1, -0.05) is 45.0 Å². The summed E-state index contributed by atoms with van der Waals surface area (Å²) in [6.07, 6.45) is 0.742. The largest absolute Gasteiger partial charge is 0.385 e. The number of ether oxygens (including phenoxy) is 1. The van der Waals surface area contributed by atoms with Crippen LogP contribution in [-0.2, 0) is 10.2 Å². The van der Waals surface area contributed by atoms with Crippen LogP contribution >= 0.6 is 0 Å². The Kier molecular flexibility index (Phi) is 7.13. The molecule has 0 aliphatic heterocycles. The number of hydrogen-bond acceptors (Lipinski definition) is 3. The number of carbonyl (C=O) groups excluding carboxylic acids is 2. The number of rotatable bonds is 7. The third-order valence-electron chi connectivity index (χ3n) is 4.18. The van der Waals surface area contributed by atoms with Crippen molar-refractivity contribution in [1.82, 2.24) is 5.32 Å². The summed E-state index contributed by atoms with van der Waals surface area (Å²) < 4.78 is 4.97. The lowest BCUT2D eigenvalue weighted by atomic mass is 9.86. The van der Waals surface area contributed by atoms with E-state index in [2.05, 4.69) is 31.4 Å². The van der Waals surface area contributed by atoms with E-state index in [4.69, 9.17) is 4.74 Å². The third-order valence-corrected chi connectivity index (χ3v) is 4.18. The molecule has 0 atom stereocenters. The van der Waals surface area contributed by atoms with E-state index < -0.39 is 0 Å². The Morgan fingerprint density at radius 2 is 1.63 bits per heavy atom. The molecule has 0 saturated heterocycles. The normalized spacial score (nSPS) is 11.1. The molecule has 2 rings (SSSR count). The molecule has 27 heavy (non-hydrogen) atoms. The molecule has 0 aliphatic carbocycles. The van der Waals surface area contributed by atoms with Gasteiger partial charge in [-0.2, -0.15) is 0 Å². The Labute approximate surface area is 161 Å². The fourth-order valence-electron chi connectivity index (χ4n) is 2.76. The monoisotopic (exact) mass is 368 g/mol. The Morgan fingerprint density at radius 1 is 0.963 bits per heavy atom. The zero-order chi connectivity index (χ0) is 19.9. The maximum Gasteiger partial charge on any atom is 0.255 e. The minimum atomic E-state index is -0.235. The van der Waals surface area contributed by atoms with Gasteiger partial charge >= 0.3 is 0 Å². The zero-order valence-electron chi connectivity index (χ0n) is 16.5. The molecule has 5 heteroatoms. The molecule has 5 nitrogen and oxygen atoms in total. The van der Waals surface area contributed by atoms with E-state index in [1.807, 2.05) is 24.3 Å². The summed E-state index contributed by atoms with van der Waals surface area (Å²) in [4.78, 5) is 25.0. The Hall–Kier alpha value is -2.66. The molecule has 0 unspecified atom stereocenters. The van der Waals surface area contributed by atoms with Crippen LogP contribution < -0.4 is 10.6 Å². The van der Waals surface area contributed by atoms with Crippen LogP contribution in [0.3, 0.4) is 0 Å². The highest BCUT2D eigenvalue weighted by molar-refractivity contribution is 6.06. The number of hydrogen-bond donors (Lipinski definition) is 2. The number of carbonyl (C=O) groups is 2. The van der Waals surface area contributed by atoms with Gasteiger partial charge in [0.1, 0.15) is 0 Å². The second kappa shape index (κ2) is 9.33. The Morgan fingerprint density at radius 3 is 2.30 bits per heavy atom. The molecular weight excluding hydrogens is 340 g/mol. The lowest BCUT2D eigenvalue weighted by molar-refractivity contribution is 0.0948. The number of methoxy groups -OCH3 is 1. The van der Waals surface area contributed by atoms with Gasteiger partial charge in [0.15, 0.2) is 0 Å². The van der Waals surface area contributed by atoms with Crippen LogP contribution in [0.15, 0.2) is 48.5 Å². The van der Waals surface area contributed by atoms with Crippen molar-refractivity contribution in [3.63, 3.8) is 0 Å². The van der Waals surface area contributed by atoms with Crippen LogP contribution in [0.2, 0.25) is 0 Å². The van der Waals surface area contributed by atoms with Gasteiger partial charge in [-0.05, 0) is 41.7 Å². The van der Waals surface area contributed by atoms with E-state index in [9.17, 15) is 9.59 Å². The van der Waals surface area contributed by atoms with E-state index in [0.717, 1.165) is 17.7 Å². The van der Waals surface area contributed by atoms with Crippen LogP contribution in [-0.4, -0.2) is 32.1 Å². The summed E-state index contributed by atoms with van der Waals surface area (Å²) >= 11 is 0. The standard InChI is InChI=1S/C22H28N2O3/c1-22(2,3)18-11-5-6-12-19(18)24-21(26)17-10-7-9-16(15-17)20(25)23-13-8-14-27-4/h5-7,9-12,15H,8,13-14H2,1-4H3,(H,23,25)(H,24,26). The molecular formula is C22H28N2O3. The van der Waals surface area contributed by atoms with Crippen molar-refractivity contribution in [1.29, 1.82) is 0 Å². The van der Waals surface area contributed by atoms with Gasteiger partial charge in [0.2, 0.25) is 0 Å². The predicted molar refractivity (Wildman–Crippen MR) is 108 cm³/mol. The van der Waals surface area contributed by atoms with Gasteiger partial charge in [-0.15, -0.1) is 0 Å². The minimum absolute atomic E-state index is 0.0895. The third kappa shape index (κ3) is 5.93. The van der Waals surface area contributed by atoms with Crippen molar-refractivity contribution in [2.24, 2.45) is 0 Å². The highest BCUT2D eigenvalue weighted by atomic mass is 16.5. The summed E-state index contributed by atoms with van der Waals surface area (Å²) in [5, 5.41) is 5.80. The molecule has 0 fully saturated rings. The minimum Gasteiger partial charge on any atom is -0.385 e. The van der Waals surface area contributed by atoms with E-state index >= 15 is 0 Å². The summed E-state index contributed by atoms with van der Waals surface area (Å²) in [7, 11) is 1.63. The van der Waals surface area contributed by atoms with Crippen molar-refractivity contribution in [2.45, 2.75) is 32.6 Å².